The Morgan fingerprint density at radius 2 is 1.68 bits per heavy atom. The van der Waals surface area contributed by atoms with E-state index in [2.05, 4.69) is 50.2 Å². The van der Waals surface area contributed by atoms with Crippen LogP contribution in [-0.2, 0) is 11.2 Å². The lowest BCUT2D eigenvalue weighted by Crippen LogP contribution is -2.08. The minimum absolute atomic E-state index is 0.0879. The predicted octanol–water partition coefficient (Wildman–Crippen LogP) is 4.53. The largest absolute Gasteiger partial charge is 0.354 e. The molecule has 1 heterocycles. The van der Waals surface area contributed by atoms with Gasteiger partial charge in [-0.05, 0) is 49.6 Å². The number of aryl methyl sites for hydroxylation is 2. The molecule has 0 aliphatic heterocycles. The molecular weight excluding hydrogens is 350 g/mol. The van der Waals surface area contributed by atoms with Gasteiger partial charge in [0.15, 0.2) is 0 Å². The maximum Gasteiger partial charge on any atom is 0.224 e. The molecule has 0 aliphatic carbocycles. The molecule has 3 aromatic rings. The highest BCUT2D eigenvalue weighted by Gasteiger charge is 2.04. The van der Waals surface area contributed by atoms with E-state index in [1.54, 1.807) is 0 Å². The van der Waals surface area contributed by atoms with Gasteiger partial charge in [0.2, 0.25) is 11.9 Å². The Morgan fingerprint density at radius 3 is 2.39 bits per heavy atom. The van der Waals surface area contributed by atoms with Crippen molar-refractivity contribution >= 4 is 29.0 Å². The second kappa shape index (κ2) is 9.50. The average molecular weight is 375 g/mol. The number of rotatable bonds is 8. The molecule has 0 spiro atoms. The van der Waals surface area contributed by atoms with Crippen LogP contribution in [-0.4, -0.2) is 22.4 Å². The molecule has 0 atom stereocenters. The third-order valence-electron chi connectivity index (χ3n) is 4.10. The quantitative estimate of drug-likeness (QED) is 0.504. The van der Waals surface area contributed by atoms with Crippen LogP contribution in [0.15, 0.2) is 60.7 Å². The molecule has 0 radical (unpaired) electrons. The summed E-state index contributed by atoms with van der Waals surface area (Å²) < 4.78 is 0. The van der Waals surface area contributed by atoms with Crippen molar-refractivity contribution in [1.29, 1.82) is 0 Å². The van der Waals surface area contributed by atoms with Gasteiger partial charge in [-0.15, -0.1) is 0 Å². The second-order valence-corrected chi connectivity index (χ2v) is 6.62. The Hall–Kier alpha value is -3.41. The average Bonchev–Trinajstić information content (AvgIpc) is 2.67. The van der Waals surface area contributed by atoms with Crippen LogP contribution >= 0.6 is 0 Å². The van der Waals surface area contributed by atoms with Crippen molar-refractivity contribution in [2.75, 3.05) is 22.5 Å². The number of hydrogen-bond acceptors (Lipinski definition) is 5. The molecule has 0 fully saturated rings. The van der Waals surface area contributed by atoms with Crippen LogP contribution in [0.2, 0.25) is 0 Å². The molecule has 6 nitrogen and oxygen atoms in total. The summed E-state index contributed by atoms with van der Waals surface area (Å²) in [6.07, 6.45) is 2.03. The minimum atomic E-state index is -0.0879. The molecule has 2 aromatic carbocycles. The van der Waals surface area contributed by atoms with Gasteiger partial charge >= 0.3 is 0 Å². The van der Waals surface area contributed by atoms with Crippen molar-refractivity contribution in [1.82, 2.24) is 9.97 Å². The maximum atomic E-state index is 11.1. The van der Waals surface area contributed by atoms with Gasteiger partial charge in [0.1, 0.15) is 5.82 Å². The molecule has 3 N–H and O–H groups in total. The Balaban J connectivity index is 1.56. The number of nitrogens with zero attached hydrogens (tertiary/aromatic N) is 2. The molecule has 3 rings (SSSR count). The monoisotopic (exact) mass is 375 g/mol. The number of hydrogen-bond donors (Lipinski definition) is 3. The van der Waals surface area contributed by atoms with E-state index in [1.165, 1.54) is 12.5 Å². The highest BCUT2D eigenvalue weighted by molar-refractivity contribution is 5.88. The summed E-state index contributed by atoms with van der Waals surface area (Å²) in [6.45, 7) is 4.25. The van der Waals surface area contributed by atoms with Gasteiger partial charge in [-0.25, -0.2) is 4.98 Å². The van der Waals surface area contributed by atoms with E-state index in [4.69, 9.17) is 0 Å². The first-order valence-electron chi connectivity index (χ1n) is 9.37. The fourth-order valence-corrected chi connectivity index (χ4v) is 2.84. The zero-order valence-corrected chi connectivity index (χ0v) is 16.2. The topological polar surface area (TPSA) is 78.9 Å². The summed E-state index contributed by atoms with van der Waals surface area (Å²) in [4.78, 5) is 20.1. The summed E-state index contributed by atoms with van der Waals surface area (Å²) in [5.74, 6) is 1.26. The normalized spacial score (nSPS) is 10.4. The third kappa shape index (κ3) is 6.09. The standard InChI is InChI=1S/C22H25N5O/c1-16-15-21(26-20-12-10-19(11-13-20)25-17(2)28)27-22(24-16)23-14-6-9-18-7-4-3-5-8-18/h3-5,7-8,10-13,15H,6,9,14H2,1-2H3,(H,25,28)(H2,23,24,26,27). The Bertz CT molecular complexity index is 910. The minimum Gasteiger partial charge on any atom is -0.354 e. The summed E-state index contributed by atoms with van der Waals surface area (Å²) in [5.41, 5.74) is 3.87. The molecule has 28 heavy (non-hydrogen) atoms. The Morgan fingerprint density at radius 1 is 0.964 bits per heavy atom. The third-order valence-corrected chi connectivity index (χ3v) is 4.10. The van der Waals surface area contributed by atoms with Gasteiger partial charge in [-0.2, -0.15) is 4.98 Å². The van der Waals surface area contributed by atoms with Gasteiger partial charge in [0.05, 0.1) is 0 Å². The number of amides is 1. The van der Waals surface area contributed by atoms with E-state index < -0.39 is 0 Å². The first-order valence-corrected chi connectivity index (χ1v) is 9.37. The molecule has 0 unspecified atom stereocenters. The number of benzene rings is 2. The number of nitrogens with one attached hydrogen (secondary N) is 3. The lowest BCUT2D eigenvalue weighted by Gasteiger charge is -2.11. The number of anilines is 4. The number of carbonyl (C=O) groups is 1. The fourth-order valence-electron chi connectivity index (χ4n) is 2.84. The molecule has 0 bridgehead atoms. The van der Waals surface area contributed by atoms with Crippen LogP contribution in [0.4, 0.5) is 23.1 Å². The predicted molar refractivity (Wildman–Crippen MR) is 114 cm³/mol. The molecule has 6 heteroatoms. The van der Waals surface area contributed by atoms with Crippen LogP contribution in [0.25, 0.3) is 0 Å². The van der Waals surface area contributed by atoms with Gasteiger partial charge in [-0.1, -0.05) is 30.3 Å². The molecule has 1 amide bonds. The van der Waals surface area contributed by atoms with E-state index in [1.807, 2.05) is 43.3 Å². The van der Waals surface area contributed by atoms with E-state index >= 15 is 0 Å². The molecule has 0 saturated heterocycles. The zero-order valence-electron chi connectivity index (χ0n) is 16.2. The van der Waals surface area contributed by atoms with Crippen molar-refractivity contribution in [3.63, 3.8) is 0 Å². The van der Waals surface area contributed by atoms with E-state index in [9.17, 15) is 4.79 Å². The van der Waals surface area contributed by atoms with Gasteiger partial charge < -0.3 is 16.0 Å². The van der Waals surface area contributed by atoms with Crippen molar-refractivity contribution in [2.45, 2.75) is 26.7 Å². The SMILES string of the molecule is CC(=O)Nc1ccc(Nc2cc(C)nc(NCCCc3ccccc3)n2)cc1. The maximum absolute atomic E-state index is 11.1. The molecule has 1 aromatic heterocycles. The van der Waals surface area contributed by atoms with Crippen molar-refractivity contribution in [3.05, 3.63) is 71.9 Å². The van der Waals surface area contributed by atoms with Crippen molar-refractivity contribution in [2.24, 2.45) is 0 Å². The smallest absolute Gasteiger partial charge is 0.224 e. The van der Waals surface area contributed by atoms with Crippen LogP contribution in [0.5, 0.6) is 0 Å². The lowest BCUT2D eigenvalue weighted by molar-refractivity contribution is -0.114. The van der Waals surface area contributed by atoms with Crippen LogP contribution < -0.4 is 16.0 Å². The molecular formula is C22H25N5O. The fraction of sp³-hybridized carbons (Fsp3) is 0.227. The van der Waals surface area contributed by atoms with Gasteiger partial charge in [0.25, 0.3) is 0 Å². The molecule has 0 saturated carbocycles. The van der Waals surface area contributed by atoms with Crippen LogP contribution in [0.1, 0.15) is 24.6 Å². The van der Waals surface area contributed by atoms with Crippen LogP contribution in [0.3, 0.4) is 0 Å². The first kappa shape index (κ1) is 19.4. The van der Waals surface area contributed by atoms with Gasteiger partial charge in [0, 0.05) is 36.6 Å². The van der Waals surface area contributed by atoms with E-state index in [0.717, 1.165) is 42.3 Å². The Kier molecular flexibility index (Phi) is 6.57. The summed E-state index contributed by atoms with van der Waals surface area (Å²) in [7, 11) is 0. The first-order chi connectivity index (χ1) is 13.6. The summed E-state index contributed by atoms with van der Waals surface area (Å²) >= 11 is 0. The highest BCUT2D eigenvalue weighted by atomic mass is 16.1. The summed E-state index contributed by atoms with van der Waals surface area (Å²) in [6, 6.07) is 19.8. The number of aromatic nitrogens is 2. The highest BCUT2D eigenvalue weighted by Crippen LogP contribution is 2.19. The molecule has 144 valence electrons. The Labute approximate surface area is 165 Å². The van der Waals surface area contributed by atoms with E-state index in [-0.39, 0.29) is 5.91 Å². The van der Waals surface area contributed by atoms with E-state index in [0.29, 0.717) is 5.95 Å². The summed E-state index contributed by atoms with van der Waals surface area (Å²) in [5, 5.41) is 9.33. The van der Waals surface area contributed by atoms with Gasteiger partial charge in [-0.3, -0.25) is 4.79 Å². The molecule has 0 aliphatic rings. The van der Waals surface area contributed by atoms with Crippen molar-refractivity contribution in [3.8, 4) is 0 Å². The zero-order chi connectivity index (χ0) is 19.8. The van der Waals surface area contributed by atoms with Crippen LogP contribution in [0, 0.1) is 6.92 Å². The lowest BCUT2D eigenvalue weighted by atomic mass is 10.1. The second-order valence-electron chi connectivity index (χ2n) is 6.62. The van der Waals surface area contributed by atoms with Crippen molar-refractivity contribution < 1.29 is 4.79 Å². The number of carbonyl (C=O) groups excluding carboxylic acids is 1.